The normalized spacial score (nSPS) is 16.4. The van der Waals surface area contributed by atoms with Gasteiger partial charge in [0, 0.05) is 30.1 Å². The van der Waals surface area contributed by atoms with Crippen LogP contribution >= 0.6 is 11.3 Å². The van der Waals surface area contributed by atoms with Crippen LogP contribution in [0.5, 0.6) is 11.5 Å². The lowest BCUT2D eigenvalue weighted by Gasteiger charge is -2.33. The van der Waals surface area contributed by atoms with E-state index in [1.165, 1.54) is 18.4 Å². The SMILES string of the molecule is COC(=O)CC1C(=O)NCCN1CC(=O)Nc1nc(-c2ccc(OC)cc2OC)cs1. The number of hydrogen-bond acceptors (Lipinski definition) is 9. The zero-order valence-electron chi connectivity index (χ0n) is 17.5. The molecular formula is C20H24N4O6S. The lowest BCUT2D eigenvalue weighted by atomic mass is 10.1. The minimum absolute atomic E-state index is 0.0458. The highest BCUT2D eigenvalue weighted by molar-refractivity contribution is 7.14. The zero-order valence-corrected chi connectivity index (χ0v) is 18.3. The summed E-state index contributed by atoms with van der Waals surface area (Å²) in [6.07, 6.45) is -0.117. The molecule has 0 aliphatic carbocycles. The highest BCUT2D eigenvalue weighted by atomic mass is 32.1. The number of carbonyl (C=O) groups excluding carboxylic acids is 3. The largest absolute Gasteiger partial charge is 0.497 e. The standard InChI is InChI=1S/C20H24N4O6S/c1-28-12-4-5-13(16(8-12)29-2)14-11-31-20(22-14)23-17(25)10-24-7-6-21-19(27)15(24)9-18(26)30-3/h4-5,8,11,15H,6-7,9-10H2,1-3H3,(H,21,27)(H,22,23,25). The molecule has 2 amide bonds. The van der Waals surface area contributed by atoms with E-state index in [1.54, 1.807) is 31.3 Å². The number of hydrogen-bond donors (Lipinski definition) is 2. The summed E-state index contributed by atoms with van der Waals surface area (Å²) < 4.78 is 15.3. The van der Waals surface area contributed by atoms with Gasteiger partial charge >= 0.3 is 5.97 Å². The molecule has 2 N–H and O–H groups in total. The van der Waals surface area contributed by atoms with Crippen molar-refractivity contribution in [2.75, 3.05) is 46.3 Å². The van der Waals surface area contributed by atoms with Gasteiger partial charge in [0.1, 0.15) is 17.5 Å². The van der Waals surface area contributed by atoms with Crippen LogP contribution in [0.3, 0.4) is 0 Å². The van der Waals surface area contributed by atoms with Crippen molar-refractivity contribution in [3.05, 3.63) is 23.6 Å². The number of methoxy groups -OCH3 is 3. The molecule has 1 saturated heterocycles. The van der Waals surface area contributed by atoms with E-state index in [9.17, 15) is 14.4 Å². The number of nitrogens with zero attached hydrogens (tertiary/aromatic N) is 2. The molecule has 0 saturated carbocycles. The highest BCUT2D eigenvalue weighted by Crippen LogP contribution is 2.34. The van der Waals surface area contributed by atoms with Crippen molar-refractivity contribution < 1.29 is 28.6 Å². The first-order chi connectivity index (χ1) is 14.9. The molecule has 11 heteroatoms. The molecule has 0 bridgehead atoms. The van der Waals surface area contributed by atoms with Crippen LogP contribution in [0.2, 0.25) is 0 Å². The fraction of sp³-hybridized carbons (Fsp3) is 0.400. The van der Waals surface area contributed by atoms with Gasteiger partial charge in [0.25, 0.3) is 0 Å². The summed E-state index contributed by atoms with van der Waals surface area (Å²) in [6.45, 7) is 0.811. The third kappa shape index (κ3) is 5.50. The quantitative estimate of drug-likeness (QED) is 0.577. The summed E-state index contributed by atoms with van der Waals surface area (Å²) in [5.74, 6) is 0.133. The van der Waals surface area contributed by atoms with E-state index in [-0.39, 0.29) is 24.8 Å². The molecule has 3 rings (SSSR count). The van der Waals surface area contributed by atoms with Gasteiger partial charge in [0.15, 0.2) is 5.13 Å². The summed E-state index contributed by atoms with van der Waals surface area (Å²) in [6, 6.07) is 4.65. The van der Waals surface area contributed by atoms with E-state index >= 15 is 0 Å². The van der Waals surface area contributed by atoms with Gasteiger partial charge in [0.2, 0.25) is 11.8 Å². The predicted molar refractivity (Wildman–Crippen MR) is 114 cm³/mol. The van der Waals surface area contributed by atoms with Crippen LogP contribution in [-0.4, -0.2) is 74.7 Å². The number of thiazole rings is 1. The van der Waals surface area contributed by atoms with Crippen LogP contribution in [0.25, 0.3) is 11.3 Å². The second-order valence-corrected chi connectivity index (χ2v) is 7.57. The lowest BCUT2D eigenvalue weighted by molar-refractivity contribution is -0.146. The Bertz CT molecular complexity index is 963. The molecular weight excluding hydrogens is 424 g/mol. The number of rotatable bonds is 8. The number of ether oxygens (including phenoxy) is 3. The molecule has 1 fully saturated rings. The number of benzene rings is 1. The van der Waals surface area contributed by atoms with Crippen molar-refractivity contribution in [3.8, 4) is 22.8 Å². The average Bonchev–Trinajstić information content (AvgIpc) is 3.23. The number of carbonyl (C=O) groups is 3. The van der Waals surface area contributed by atoms with E-state index in [0.717, 1.165) is 5.56 Å². The van der Waals surface area contributed by atoms with Gasteiger partial charge in [-0.05, 0) is 12.1 Å². The van der Waals surface area contributed by atoms with Crippen molar-refractivity contribution in [1.82, 2.24) is 15.2 Å². The minimum Gasteiger partial charge on any atom is -0.497 e. The number of esters is 1. The third-order valence-corrected chi connectivity index (χ3v) is 5.57. The fourth-order valence-electron chi connectivity index (χ4n) is 3.22. The molecule has 10 nitrogen and oxygen atoms in total. The topological polar surface area (TPSA) is 119 Å². The predicted octanol–water partition coefficient (Wildman–Crippen LogP) is 1.13. The highest BCUT2D eigenvalue weighted by Gasteiger charge is 2.33. The van der Waals surface area contributed by atoms with E-state index in [0.29, 0.717) is 35.4 Å². The summed E-state index contributed by atoms with van der Waals surface area (Å²) >= 11 is 1.28. The third-order valence-electron chi connectivity index (χ3n) is 4.81. The summed E-state index contributed by atoms with van der Waals surface area (Å²) in [4.78, 5) is 42.5. The van der Waals surface area contributed by atoms with Crippen molar-refractivity contribution in [3.63, 3.8) is 0 Å². The maximum absolute atomic E-state index is 12.6. The number of piperazine rings is 1. The fourth-order valence-corrected chi connectivity index (χ4v) is 3.95. The molecule has 0 radical (unpaired) electrons. The van der Waals surface area contributed by atoms with Gasteiger partial charge in [-0.1, -0.05) is 0 Å². The van der Waals surface area contributed by atoms with Crippen molar-refractivity contribution in [1.29, 1.82) is 0 Å². The molecule has 1 unspecified atom stereocenters. The molecule has 0 spiro atoms. The van der Waals surface area contributed by atoms with Crippen LogP contribution in [-0.2, 0) is 19.1 Å². The first kappa shape index (κ1) is 22.5. The Kier molecular flexibility index (Phi) is 7.42. The second kappa shape index (κ2) is 10.2. The molecule has 2 heterocycles. The Labute approximate surface area is 183 Å². The van der Waals surface area contributed by atoms with E-state index in [4.69, 9.17) is 9.47 Å². The number of aromatic nitrogens is 1. The molecule has 1 aliphatic heterocycles. The smallest absolute Gasteiger partial charge is 0.307 e. The molecule has 1 atom stereocenters. The van der Waals surface area contributed by atoms with Gasteiger partial charge < -0.3 is 24.8 Å². The van der Waals surface area contributed by atoms with Gasteiger partial charge in [-0.25, -0.2) is 4.98 Å². The van der Waals surface area contributed by atoms with Gasteiger partial charge in [-0.3, -0.25) is 19.3 Å². The number of anilines is 1. The molecule has 2 aromatic rings. The second-order valence-electron chi connectivity index (χ2n) is 6.71. The van der Waals surface area contributed by atoms with Crippen LogP contribution in [0, 0.1) is 0 Å². The summed E-state index contributed by atoms with van der Waals surface area (Å²) in [5, 5.41) is 7.69. The zero-order chi connectivity index (χ0) is 22.4. The van der Waals surface area contributed by atoms with Gasteiger partial charge in [-0.15, -0.1) is 11.3 Å². The van der Waals surface area contributed by atoms with E-state index in [2.05, 4.69) is 20.4 Å². The number of nitrogens with one attached hydrogen (secondary N) is 2. The maximum Gasteiger partial charge on any atom is 0.307 e. The van der Waals surface area contributed by atoms with Crippen LogP contribution in [0.4, 0.5) is 5.13 Å². The Morgan fingerprint density at radius 2 is 2.10 bits per heavy atom. The van der Waals surface area contributed by atoms with Gasteiger partial charge in [0.05, 0.1) is 40.0 Å². The molecule has 31 heavy (non-hydrogen) atoms. The Balaban J connectivity index is 1.67. The van der Waals surface area contributed by atoms with Crippen molar-refractivity contribution in [2.24, 2.45) is 0 Å². The van der Waals surface area contributed by atoms with Crippen LogP contribution in [0.15, 0.2) is 23.6 Å². The summed E-state index contributed by atoms with van der Waals surface area (Å²) in [5.41, 5.74) is 1.42. The van der Waals surface area contributed by atoms with E-state index in [1.807, 2.05) is 11.4 Å². The monoisotopic (exact) mass is 448 g/mol. The van der Waals surface area contributed by atoms with Crippen molar-refractivity contribution >= 4 is 34.3 Å². The van der Waals surface area contributed by atoms with E-state index < -0.39 is 12.0 Å². The number of amides is 2. The summed E-state index contributed by atoms with van der Waals surface area (Å²) in [7, 11) is 4.40. The molecule has 1 aromatic heterocycles. The maximum atomic E-state index is 12.6. The minimum atomic E-state index is -0.748. The van der Waals surface area contributed by atoms with Crippen LogP contribution in [0.1, 0.15) is 6.42 Å². The molecule has 1 aliphatic rings. The lowest BCUT2D eigenvalue weighted by Crippen LogP contribution is -2.57. The Hall–Kier alpha value is -3.18. The first-order valence-electron chi connectivity index (χ1n) is 9.51. The molecule has 166 valence electrons. The Morgan fingerprint density at radius 3 is 2.81 bits per heavy atom. The first-order valence-corrected chi connectivity index (χ1v) is 10.4. The molecule has 1 aromatic carbocycles. The average molecular weight is 449 g/mol. The van der Waals surface area contributed by atoms with Crippen molar-refractivity contribution in [2.45, 2.75) is 12.5 Å². The Morgan fingerprint density at radius 1 is 1.29 bits per heavy atom. The van der Waals surface area contributed by atoms with Gasteiger partial charge in [-0.2, -0.15) is 0 Å². The van der Waals surface area contributed by atoms with Crippen LogP contribution < -0.4 is 20.1 Å².